The number of para-hydroxylation sites is 3. The lowest BCUT2D eigenvalue weighted by atomic mass is 10.2. The highest BCUT2D eigenvalue weighted by molar-refractivity contribution is 5.76. The minimum absolute atomic E-state index is 0. The van der Waals surface area contributed by atoms with E-state index >= 15 is 0 Å². The van der Waals surface area contributed by atoms with Gasteiger partial charge in [-0.15, -0.1) is 0 Å². The summed E-state index contributed by atoms with van der Waals surface area (Å²) in [5.41, 5.74) is 14.5. The van der Waals surface area contributed by atoms with Gasteiger partial charge < -0.3 is 22.9 Å². The Balaban J connectivity index is 0.00000225. The minimum Gasteiger partial charge on any atom is -1.00 e. The molecule has 7 heteroatoms. The van der Waals surface area contributed by atoms with Gasteiger partial charge in [-0.3, -0.25) is 10.5 Å². The molecule has 1 heterocycles. The van der Waals surface area contributed by atoms with E-state index in [0.29, 0.717) is 19.1 Å². The number of imidazole rings is 1. The fourth-order valence-corrected chi connectivity index (χ4v) is 2.84. The largest absolute Gasteiger partial charge is 1.00 e. The van der Waals surface area contributed by atoms with E-state index < -0.39 is 5.91 Å². The van der Waals surface area contributed by atoms with Crippen molar-refractivity contribution in [3.8, 4) is 5.75 Å². The van der Waals surface area contributed by atoms with Crippen molar-refractivity contribution in [3.63, 3.8) is 0 Å². The number of hydrogen-bond donors (Lipinski definition) is 2. The van der Waals surface area contributed by atoms with Crippen molar-refractivity contribution in [1.82, 2.24) is 4.57 Å². The Hall–Kier alpha value is -2.73. The maximum absolute atomic E-state index is 11.3. The molecular weight excluding hydrogens is 340 g/mol. The zero-order valence-corrected chi connectivity index (χ0v) is 14.7. The van der Waals surface area contributed by atoms with Gasteiger partial charge in [0.25, 0.3) is 5.91 Å². The summed E-state index contributed by atoms with van der Waals surface area (Å²) in [5.74, 6) is 0.923. The third-order valence-electron chi connectivity index (χ3n) is 4.00. The Morgan fingerprint density at radius 2 is 1.84 bits per heavy atom. The van der Waals surface area contributed by atoms with Crippen LogP contribution in [0.1, 0.15) is 5.56 Å². The summed E-state index contributed by atoms with van der Waals surface area (Å²) in [7, 11) is 0. The summed E-state index contributed by atoms with van der Waals surface area (Å²) >= 11 is 0. The fourth-order valence-electron chi connectivity index (χ4n) is 2.84. The standard InChI is InChI=1S/C18H20N4O2.ClH/c1-13-6-2-5-9-16(13)24-11-10-21-14-7-3-4-8-15(14)22(18(21)20)12-17(19)23;/h2-9,20H,10-12H2,1H3,(H2,19,23);1H. The lowest BCUT2D eigenvalue weighted by Gasteiger charge is -2.08. The monoisotopic (exact) mass is 360 g/mol. The van der Waals surface area contributed by atoms with Crippen molar-refractivity contribution in [2.75, 3.05) is 12.3 Å². The van der Waals surface area contributed by atoms with E-state index in [-0.39, 0.29) is 19.0 Å². The molecule has 6 nitrogen and oxygen atoms in total. The van der Waals surface area contributed by atoms with Gasteiger partial charge in [-0.25, -0.2) is 9.13 Å². The van der Waals surface area contributed by atoms with Gasteiger partial charge in [0.1, 0.15) is 29.9 Å². The van der Waals surface area contributed by atoms with Crippen LogP contribution >= 0.6 is 0 Å². The SMILES string of the molecule is Cc1ccccc1OCCn1c(N)[n+](CC(N)=O)c2ccccc21.[Cl-]. The first-order chi connectivity index (χ1) is 11.6. The van der Waals surface area contributed by atoms with Crippen molar-refractivity contribution < 1.29 is 26.5 Å². The Morgan fingerprint density at radius 3 is 2.56 bits per heavy atom. The number of hydrogen-bond acceptors (Lipinski definition) is 3. The predicted octanol–water partition coefficient (Wildman–Crippen LogP) is -1.61. The van der Waals surface area contributed by atoms with E-state index in [2.05, 4.69) is 0 Å². The molecule has 0 saturated carbocycles. The number of anilines is 1. The number of amides is 1. The lowest BCUT2D eigenvalue weighted by molar-refractivity contribution is -0.644. The summed E-state index contributed by atoms with van der Waals surface area (Å²) in [6.45, 7) is 3.12. The van der Waals surface area contributed by atoms with Gasteiger partial charge in [-0.05, 0) is 30.7 Å². The molecule has 0 aliphatic heterocycles. The van der Waals surface area contributed by atoms with Crippen LogP contribution in [0.4, 0.5) is 5.95 Å². The number of nitrogens with zero attached hydrogens (tertiary/aromatic N) is 2. The van der Waals surface area contributed by atoms with E-state index in [4.69, 9.17) is 16.2 Å². The van der Waals surface area contributed by atoms with Crippen LogP contribution in [0.2, 0.25) is 0 Å². The quantitative estimate of drug-likeness (QED) is 0.518. The van der Waals surface area contributed by atoms with E-state index in [1.165, 1.54) is 0 Å². The van der Waals surface area contributed by atoms with Crippen LogP contribution in [0.15, 0.2) is 48.5 Å². The van der Waals surface area contributed by atoms with E-state index in [9.17, 15) is 4.79 Å². The highest BCUT2D eigenvalue weighted by Gasteiger charge is 2.21. The molecule has 0 atom stereocenters. The summed E-state index contributed by atoms with van der Waals surface area (Å²) in [6.07, 6.45) is 0. The molecule has 1 amide bonds. The van der Waals surface area contributed by atoms with Gasteiger partial charge >= 0.3 is 5.95 Å². The molecule has 25 heavy (non-hydrogen) atoms. The molecule has 0 unspecified atom stereocenters. The molecule has 0 bridgehead atoms. The molecule has 3 aromatic rings. The normalized spacial score (nSPS) is 10.4. The van der Waals surface area contributed by atoms with Crippen LogP contribution in [0.3, 0.4) is 0 Å². The van der Waals surface area contributed by atoms with E-state index in [1.807, 2.05) is 60.0 Å². The maximum Gasteiger partial charge on any atom is 0.356 e. The number of nitrogens with two attached hydrogens (primary N) is 2. The Bertz CT molecular complexity index is 892. The molecule has 0 spiro atoms. The average Bonchev–Trinajstić information content (AvgIpc) is 2.82. The third-order valence-corrected chi connectivity index (χ3v) is 4.00. The summed E-state index contributed by atoms with van der Waals surface area (Å²) < 4.78 is 9.53. The number of carbonyl (C=O) groups excluding carboxylic acids is 1. The Labute approximate surface area is 152 Å². The number of benzene rings is 2. The first-order valence-electron chi connectivity index (χ1n) is 7.81. The van der Waals surface area contributed by atoms with E-state index in [0.717, 1.165) is 22.3 Å². The first-order valence-corrected chi connectivity index (χ1v) is 7.81. The second-order valence-electron chi connectivity index (χ2n) is 5.66. The lowest BCUT2D eigenvalue weighted by Crippen LogP contribution is -3.00. The zero-order valence-electron chi connectivity index (χ0n) is 14.0. The number of nitrogen functional groups attached to an aromatic ring is 1. The fraction of sp³-hybridized carbons (Fsp3) is 0.222. The van der Waals surface area contributed by atoms with Crippen molar-refractivity contribution in [3.05, 3.63) is 54.1 Å². The van der Waals surface area contributed by atoms with Crippen molar-refractivity contribution in [1.29, 1.82) is 0 Å². The molecule has 0 fully saturated rings. The molecule has 3 rings (SSSR count). The molecule has 0 aliphatic rings. The molecule has 4 N–H and O–H groups in total. The van der Waals surface area contributed by atoms with Gasteiger partial charge in [0.05, 0.1) is 0 Å². The van der Waals surface area contributed by atoms with Gasteiger partial charge in [0, 0.05) is 0 Å². The van der Waals surface area contributed by atoms with Crippen molar-refractivity contribution in [2.45, 2.75) is 20.0 Å². The number of fused-ring (bicyclic) bond motifs is 1. The number of primary amides is 1. The number of halogens is 1. The van der Waals surface area contributed by atoms with Gasteiger partial charge in [0.15, 0.2) is 6.54 Å². The molecule has 0 aliphatic carbocycles. The summed E-state index contributed by atoms with van der Waals surface area (Å²) in [5, 5.41) is 0. The Morgan fingerprint density at radius 1 is 1.16 bits per heavy atom. The van der Waals surface area contributed by atoms with Gasteiger partial charge in [0.2, 0.25) is 0 Å². The number of aromatic nitrogens is 2. The highest BCUT2D eigenvalue weighted by Crippen LogP contribution is 2.18. The van der Waals surface area contributed by atoms with Crippen LogP contribution in [0.5, 0.6) is 5.75 Å². The van der Waals surface area contributed by atoms with Gasteiger partial charge in [-0.1, -0.05) is 30.3 Å². The minimum atomic E-state index is -0.425. The van der Waals surface area contributed by atoms with Crippen LogP contribution < -0.4 is 33.2 Å². The molecule has 0 radical (unpaired) electrons. The van der Waals surface area contributed by atoms with Crippen LogP contribution in [0.25, 0.3) is 11.0 Å². The first kappa shape index (κ1) is 18.6. The molecule has 1 aromatic heterocycles. The number of ether oxygens (including phenoxy) is 1. The number of rotatable bonds is 6. The predicted molar refractivity (Wildman–Crippen MR) is 92.4 cm³/mol. The summed E-state index contributed by atoms with van der Waals surface area (Å²) in [4.78, 5) is 11.3. The number of carbonyl (C=O) groups is 1. The van der Waals surface area contributed by atoms with Crippen LogP contribution in [0, 0.1) is 6.92 Å². The topological polar surface area (TPSA) is 87.2 Å². The van der Waals surface area contributed by atoms with E-state index in [1.54, 1.807) is 4.57 Å². The second kappa shape index (κ2) is 7.90. The maximum atomic E-state index is 11.3. The summed E-state index contributed by atoms with van der Waals surface area (Å²) in [6, 6.07) is 15.6. The van der Waals surface area contributed by atoms with Crippen LogP contribution in [-0.2, 0) is 17.9 Å². The molecule has 0 saturated heterocycles. The van der Waals surface area contributed by atoms with Crippen molar-refractivity contribution >= 4 is 22.9 Å². The molecule has 2 aromatic carbocycles. The third kappa shape index (κ3) is 3.85. The second-order valence-corrected chi connectivity index (χ2v) is 5.66. The van der Waals surface area contributed by atoms with Crippen molar-refractivity contribution in [2.24, 2.45) is 5.73 Å². The average molecular weight is 361 g/mol. The molecule has 132 valence electrons. The number of aryl methyl sites for hydroxylation is 1. The molecular formula is C18H21ClN4O2. The Kier molecular flexibility index (Phi) is 5.88. The van der Waals surface area contributed by atoms with Gasteiger partial charge in [-0.2, -0.15) is 0 Å². The van der Waals surface area contributed by atoms with Crippen LogP contribution in [-0.4, -0.2) is 17.1 Å². The smallest absolute Gasteiger partial charge is 0.356 e. The highest BCUT2D eigenvalue weighted by atomic mass is 35.5. The zero-order chi connectivity index (χ0) is 17.1.